The van der Waals surface area contributed by atoms with Crippen LogP contribution in [0.3, 0.4) is 0 Å². The Balaban J connectivity index is 2.22. The maximum atomic E-state index is 9.60. The maximum absolute atomic E-state index is 9.60. The number of phenolic OH excluding ortho intramolecular Hbond substituents is 1. The summed E-state index contributed by atoms with van der Waals surface area (Å²) in [6.45, 7) is 5.92. The molecular weight excluding hydrogens is 299 g/mol. The zero-order valence-corrected chi connectivity index (χ0v) is 13.9. The molecule has 118 valence electrons. The van der Waals surface area contributed by atoms with E-state index >= 15 is 0 Å². The van der Waals surface area contributed by atoms with Gasteiger partial charge in [0, 0.05) is 0 Å². The number of ether oxygens (including phenoxy) is 1. The summed E-state index contributed by atoms with van der Waals surface area (Å²) in [5.74, 6) is 0.960. The molecule has 3 N–H and O–H groups in total. The topological polar surface area (TPSA) is 69.9 Å². The van der Waals surface area contributed by atoms with Gasteiger partial charge in [-0.15, -0.1) is 0 Å². The smallest absolute Gasteiger partial charge is 0.205 e. The van der Waals surface area contributed by atoms with Crippen LogP contribution in [0.5, 0.6) is 11.5 Å². The van der Waals surface area contributed by atoms with E-state index in [1.54, 1.807) is 6.07 Å². The normalized spacial score (nSPS) is 11.0. The van der Waals surface area contributed by atoms with Gasteiger partial charge in [0.15, 0.2) is 6.35 Å². The Labute approximate surface area is 131 Å². The van der Waals surface area contributed by atoms with E-state index in [1.165, 1.54) is 5.56 Å². The maximum Gasteiger partial charge on any atom is 0.205 e. The second-order valence-electron chi connectivity index (χ2n) is 5.48. The number of aromatic hydroxyl groups is 1. The lowest BCUT2D eigenvalue weighted by Crippen LogP contribution is -2.00. The van der Waals surface area contributed by atoms with Crippen LogP contribution < -0.4 is 4.74 Å². The predicted molar refractivity (Wildman–Crippen MR) is 88.4 cm³/mol. The number of benzene rings is 2. The number of rotatable bonds is 5. The number of hydrogen-bond acceptors (Lipinski definition) is 4. The third-order valence-electron chi connectivity index (χ3n) is 3.66. The summed E-state index contributed by atoms with van der Waals surface area (Å²) in [6, 6.07) is 9.46. The van der Waals surface area contributed by atoms with Gasteiger partial charge in [-0.3, -0.25) is 0 Å². The fourth-order valence-corrected chi connectivity index (χ4v) is 2.74. The van der Waals surface area contributed by atoms with Crippen LogP contribution in [0.15, 0.2) is 30.3 Å². The van der Waals surface area contributed by atoms with Gasteiger partial charge in [0.1, 0.15) is 11.5 Å². The number of hydrogen-bond donors (Lipinski definition) is 3. The second kappa shape index (κ2) is 7.10. The van der Waals surface area contributed by atoms with Crippen molar-refractivity contribution >= 4 is 8.38 Å². The highest BCUT2D eigenvalue weighted by Gasteiger charge is 2.09. The van der Waals surface area contributed by atoms with Crippen LogP contribution in [-0.2, 0) is 6.42 Å². The van der Waals surface area contributed by atoms with Crippen molar-refractivity contribution in [1.82, 2.24) is 0 Å². The first kappa shape index (κ1) is 16.8. The zero-order chi connectivity index (χ0) is 16.3. The molecule has 0 unspecified atom stereocenters. The molecule has 4 nitrogen and oxygen atoms in total. The molecule has 0 saturated heterocycles. The van der Waals surface area contributed by atoms with Crippen LogP contribution in [0.4, 0.5) is 0 Å². The van der Waals surface area contributed by atoms with Gasteiger partial charge in [-0.05, 0) is 73.2 Å². The lowest BCUT2D eigenvalue weighted by molar-refractivity contribution is 0.347. The van der Waals surface area contributed by atoms with Crippen LogP contribution >= 0.6 is 8.38 Å². The summed E-state index contributed by atoms with van der Waals surface area (Å²) in [5, 5.41) is 9.60. The van der Waals surface area contributed by atoms with Gasteiger partial charge in [-0.2, -0.15) is 0 Å². The minimum absolute atomic E-state index is 0.0787. The average Bonchev–Trinajstić information content (AvgIpc) is 2.44. The van der Waals surface area contributed by atoms with E-state index in [0.29, 0.717) is 11.5 Å². The quantitative estimate of drug-likeness (QED) is 0.737. The highest BCUT2D eigenvalue weighted by Crippen LogP contribution is 2.29. The van der Waals surface area contributed by atoms with Crippen molar-refractivity contribution in [3.63, 3.8) is 0 Å². The fourth-order valence-electron chi connectivity index (χ4n) is 2.48. The molecule has 0 atom stereocenters. The van der Waals surface area contributed by atoms with E-state index < -0.39 is 8.38 Å². The largest absolute Gasteiger partial charge is 0.508 e. The van der Waals surface area contributed by atoms with Crippen LogP contribution in [0, 0.1) is 20.8 Å². The molecule has 0 aliphatic rings. The summed E-state index contributed by atoms with van der Waals surface area (Å²) in [7, 11) is -2.04. The minimum Gasteiger partial charge on any atom is -0.508 e. The molecule has 22 heavy (non-hydrogen) atoms. The van der Waals surface area contributed by atoms with E-state index in [2.05, 4.69) is 0 Å². The SMILES string of the molecule is Cc1cc(Cc2c(C)cc(OCP(O)O)cc2C)ccc1O. The van der Waals surface area contributed by atoms with Gasteiger partial charge >= 0.3 is 0 Å². The van der Waals surface area contributed by atoms with Crippen LogP contribution in [0.25, 0.3) is 0 Å². The van der Waals surface area contributed by atoms with Gasteiger partial charge < -0.3 is 19.6 Å². The Kier molecular flexibility index (Phi) is 5.41. The molecule has 2 aromatic carbocycles. The third-order valence-corrected chi connectivity index (χ3v) is 4.02. The van der Waals surface area contributed by atoms with Gasteiger partial charge in [-0.25, -0.2) is 0 Å². The minimum atomic E-state index is -2.04. The summed E-state index contributed by atoms with van der Waals surface area (Å²) < 4.78 is 5.36. The molecule has 0 aliphatic heterocycles. The Morgan fingerprint density at radius 2 is 1.59 bits per heavy atom. The molecule has 0 aliphatic carbocycles. The van der Waals surface area contributed by atoms with E-state index in [0.717, 1.165) is 28.7 Å². The first-order valence-corrected chi connectivity index (χ1v) is 8.46. The lowest BCUT2D eigenvalue weighted by Gasteiger charge is -2.14. The van der Waals surface area contributed by atoms with Crippen molar-refractivity contribution in [1.29, 1.82) is 0 Å². The molecule has 2 rings (SSSR count). The van der Waals surface area contributed by atoms with E-state index in [4.69, 9.17) is 14.5 Å². The Morgan fingerprint density at radius 3 is 2.14 bits per heavy atom. The highest BCUT2D eigenvalue weighted by molar-refractivity contribution is 7.44. The van der Waals surface area contributed by atoms with E-state index in [-0.39, 0.29) is 6.35 Å². The molecule has 0 radical (unpaired) electrons. The first-order valence-electron chi connectivity index (χ1n) is 7.03. The molecule has 0 bridgehead atoms. The van der Waals surface area contributed by atoms with Gasteiger partial charge in [0.2, 0.25) is 8.38 Å². The van der Waals surface area contributed by atoms with Crippen molar-refractivity contribution < 1.29 is 19.6 Å². The number of aryl methyl sites for hydroxylation is 3. The molecule has 0 saturated carbocycles. The van der Waals surface area contributed by atoms with Crippen molar-refractivity contribution in [3.8, 4) is 11.5 Å². The Bertz CT molecular complexity index is 645. The Morgan fingerprint density at radius 1 is 0.955 bits per heavy atom. The molecule has 0 spiro atoms. The molecule has 5 heteroatoms. The van der Waals surface area contributed by atoms with Crippen molar-refractivity contribution in [2.75, 3.05) is 6.35 Å². The second-order valence-corrected chi connectivity index (χ2v) is 6.48. The Hall–Kier alpha value is -1.61. The van der Waals surface area contributed by atoms with Gasteiger partial charge in [-0.1, -0.05) is 12.1 Å². The summed E-state index contributed by atoms with van der Waals surface area (Å²) >= 11 is 0. The lowest BCUT2D eigenvalue weighted by atomic mass is 9.95. The van der Waals surface area contributed by atoms with E-state index in [9.17, 15) is 5.11 Å². The molecule has 0 heterocycles. The number of phenols is 1. The van der Waals surface area contributed by atoms with Gasteiger partial charge in [0.05, 0.1) is 0 Å². The summed E-state index contributed by atoms with van der Waals surface area (Å²) in [4.78, 5) is 17.9. The van der Waals surface area contributed by atoms with Crippen LogP contribution in [0.1, 0.15) is 27.8 Å². The first-order chi connectivity index (χ1) is 10.4. The van der Waals surface area contributed by atoms with Gasteiger partial charge in [0.25, 0.3) is 0 Å². The predicted octanol–water partition coefficient (Wildman–Crippen LogP) is 3.54. The molecular formula is C17H21O4P. The highest BCUT2D eigenvalue weighted by atomic mass is 31.2. The summed E-state index contributed by atoms with van der Waals surface area (Å²) in [5.41, 5.74) is 5.42. The molecule has 0 aromatic heterocycles. The van der Waals surface area contributed by atoms with Crippen molar-refractivity contribution in [2.45, 2.75) is 27.2 Å². The standard InChI is InChI=1S/C17H21O4P/c1-11-7-15(21-10-22(19)20)8-12(2)16(11)9-14-4-5-17(18)13(3)6-14/h4-8,18-20H,9-10H2,1-3H3. The van der Waals surface area contributed by atoms with Crippen LogP contribution in [0.2, 0.25) is 0 Å². The molecule has 0 amide bonds. The monoisotopic (exact) mass is 320 g/mol. The van der Waals surface area contributed by atoms with Crippen LogP contribution in [-0.4, -0.2) is 21.2 Å². The average molecular weight is 320 g/mol. The molecule has 0 fully saturated rings. The third kappa shape index (κ3) is 4.20. The van der Waals surface area contributed by atoms with Crippen molar-refractivity contribution in [3.05, 3.63) is 58.1 Å². The zero-order valence-electron chi connectivity index (χ0n) is 13.0. The molecule has 2 aromatic rings. The van der Waals surface area contributed by atoms with Crippen molar-refractivity contribution in [2.24, 2.45) is 0 Å². The van der Waals surface area contributed by atoms with E-state index in [1.807, 2.05) is 45.0 Å². The fraction of sp³-hybridized carbons (Fsp3) is 0.294. The summed E-state index contributed by atoms with van der Waals surface area (Å²) in [6.07, 6.45) is 0.705.